The molecule has 0 saturated carbocycles. The van der Waals surface area contributed by atoms with Crippen molar-refractivity contribution in [1.29, 1.82) is 0 Å². The molecule has 0 spiro atoms. The quantitative estimate of drug-likeness (QED) is 0.855. The zero-order valence-electron chi connectivity index (χ0n) is 11.4. The first-order valence-electron chi connectivity index (χ1n) is 7.09. The van der Waals surface area contributed by atoms with Crippen molar-refractivity contribution in [2.75, 3.05) is 13.1 Å². The average Bonchev–Trinajstić information content (AvgIpc) is 2.77. The van der Waals surface area contributed by atoms with Crippen molar-refractivity contribution in [2.45, 2.75) is 32.1 Å². The maximum atomic E-state index is 3.45. The molecule has 1 aliphatic heterocycles. The van der Waals surface area contributed by atoms with Crippen molar-refractivity contribution in [3.05, 3.63) is 35.5 Å². The van der Waals surface area contributed by atoms with Gasteiger partial charge in [-0.25, -0.2) is 0 Å². The summed E-state index contributed by atoms with van der Waals surface area (Å²) in [6.45, 7) is 4.56. The third kappa shape index (κ3) is 1.85. The third-order valence-electron chi connectivity index (χ3n) is 4.32. The first-order valence-corrected chi connectivity index (χ1v) is 7.09. The van der Waals surface area contributed by atoms with E-state index in [1.807, 2.05) is 0 Å². The van der Waals surface area contributed by atoms with Crippen LogP contribution in [0.2, 0.25) is 0 Å². The van der Waals surface area contributed by atoms with E-state index in [9.17, 15) is 0 Å². The Balaban J connectivity index is 2.10. The number of hydrogen-bond acceptors (Lipinski definition) is 1. The van der Waals surface area contributed by atoms with Crippen LogP contribution in [-0.2, 0) is 13.5 Å². The number of aryl methyl sites for hydroxylation is 2. The van der Waals surface area contributed by atoms with E-state index >= 15 is 0 Å². The van der Waals surface area contributed by atoms with E-state index in [0.717, 1.165) is 25.4 Å². The van der Waals surface area contributed by atoms with Crippen molar-refractivity contribution < 1.29 is 0 Å². The first kappa shape index (κ1) is 11.8. The van der Waals surface area contributed by atoms with Crippen LogP contribution in [0.4, 0.5) is 0 Å². The molecule has 0 radical (unpaired) electrons. The molecule has 0 bridgehead atoms. The predicted octanol–water partition coefficient (Wildman–Crippen LogP) is 3.21. The van der Waals surface area contributed by atoms with Crippen LogP contribution < -0.4 is 5.32 Å². The lowest BCUT2D eigenvalue weighted by Crippen LogP contribution is -2.27. The molecule has 0 aliphatic carbocycles. The SMILES string of the molecule is CCc1cccc2cc(C3CCNCC3)n(C)c12. The lowest BCUT2D eigenvalue weighted by atomic mass is 9.94. The number of nitrogens with zero attached hydrogens (tertiary/aromatic N) is 1. The first-order chi connectivity index (χ1) is 8.81. The standard InChI is InChI=1S/C16H22N2/c1-3-12-5-4-6-14-11-15(18(2)16(12)14)13-7-9-17-10-8-13/h4-6,11,13,17H,3,7-10H2,1-2H3. The summed E-state index contributed by atoms with van der Waals surface area (Å²) < 4.78 is 2.43. The molecule has 2 aromatic rings. The number of benzene rings is 1. The molecule has 3 rings (SSSR count). The Hall–Kier alpha value is -1.28. The smallest absolute Gasteiger partial charge is 0.0512 e. The van der Waals surface area contributed by atoms with E-state index < -0.39 is 0 Å². The fourth-order valence-electron chi connectivity index (χ4n) is 3.32. The minimum atomic E-state index is 0.730. The Labute approximate surface area is 109 Å². The van der Waals surface area contributed by atoms with Crippen LogP contribution in [0.3, 0.4) is 0 Å². The number of nitrogens with one attached hydrogen (secondary N) is 1. The summed E-state index contributed by atoms with van der Waals surface area (Å²) in [5.74, 6) is 0.730. The highest BCUT2D eigenvalue weighted by Gasteiger charge is 2.19. The lowest BCUT2D eigenvalue weighted by Gasteiger charge is -2.23. The molecule has 18 heavy (non-hydrogen) atoms. The number of piperidine rings is 1. The van der Waals surface area contributed by atoms with Gasteiger partial charge in [0, 0.05) is 24.0 Å². The van der Waals surface area contributed by atoms with Crippen LogP contribution in [0.25, 0.3) is 10.9 Å². The molecule has 1 aliphatic rings. The summed E-state index contributed by atoms with van der Waals surface area (Å²) in [7, 11) is 2.23. The number of hydrogen-bond donors (Lipinski definition) is 1. The molecule has 1 fully saturated rings. The molecule has 96 valence electrons. The maximum absolute atomic E-state index is 3.45. The van der Waals surface area contributed by atoms with Gasteiger partial charge < -0.3 is 9.88 Å². The van der Waals surface area contributed by atoms with Gasteiger partial charge in [0.2, 0.25) is 0 Å². The highest BCUT2D eigenvalue weighted by atomic mass is 15.0. The van der Waals surface area contributed by atoms with Gasteiger partial charge in [0.15, 0.2) is 0 Å². The summed E-state index contributed by atoms with van der Waals surface area (Å²) >= 11 is 0. The number of aromatic nitrogens is 1. The second-order valence-electron chi connectivity index (χ2n) is 5.36. The van der Waals surface area contributed by atoms with Crippen LogP contribution in [0.15, 0.2) is 24.3 Å². The highest BCUT2D eigenvalue weighted by Crippen LogP contribution is 2.31. The van der Waals surface area contributed by atoms with Gasteiger partial charge in [-0.1, -0.05) is 25.1 Å². The molecule has 0 unspecified atom stereocenters. The zero-order valence-corrected chi connectivity index (χ0v) is 11.4. The van der Waals surface area contributed by atoms with Crippen LogP contribution >= 0.6 is 0 Å². The van der Waals surface area contributed by atoms with Crippen molar-refractivity contribution >= 4 is 10.9 Å². The fraction of sp³-hybridized carbons (Fsp3) is 0.500. The Kier molecular flexibility index (Phi) is 3.13. The van der Waals surface area contributed by atoms with Gasteiger partial charge >= 0.3 is 0 Å². The zero-order chi connectivity index (χ0) is 12.5. The van der Waals surface area contributed by atoms with Crippen LogP contribution in [0, 0.1) is 0 Å². The minimum absolute atomic E-state index is 0.730. The van der Waals surface area contributed by atoms with Crippen LogP contribution in [-0.4, -0.2) is 17.7 Å². The number of rotatable bonds is 2. The van der Waals surface area contributed by atoms with Gasteiger partial charge in [-0.05, 0) is 44.0 Å². The number of para-hydroxylation sites is 1. The van der Waals surface area contributed by atoms with E-state index in [1.165, 1.54) is 35.0 Å². The Morgan fingerprint density at radius 2 is 2.06 bits per heavy atom. The topological polar surface area (TPSA) is 17.0 Å². The predicted molar refractivity (Wildman–Crippen MR) is 77.1 cm³/mol. The van der Waals surface area contributed by atoms with E-state index in [1.54, 1.807) is 0 Å². The van der Waals surface area contributed by atoms with Crippen molar-refractivity contribution in [3.63, 3.8) is 0 Å². The van der Waals surface area contributed by atoms with Crippen LogP contribution in [0.1, 0.15) is 36.9 Å². The molecule has 1 saturated heterocycles. The molecule has 1 aromatic heterocycles. The normalized spacial score (nSPS) is 17.4. The number of fused-ring (bicyclic) bond motifs is 1. The van der Waals surface area contributed by atoms with Crippen molar-refractivity contribution in [3.8, 4) is 0 Å². The van der Waals surface area contributed by atoms with Gasteiger partial charge in [0.25, 0.3) is 0 Å². The van der Waals surface area contributed by atoms with Gasteiger partial charge in [-0.15, -0.1) is 0 Å². The highest BCUT2D eigenvalue weighted by molar-refractivity contribution is 5.84. The van der Waals surface area contributed by atoms with Crippen molar-refractivity contribution in [2.24, 2.45) is 7.05 Å². The van der Waals surface area contributed by atoms with E-state index in [2.05, 4.69) is 48.1 Å². The Bertz CT molecular complexity index is 547. The fourth-order valence-corrected chi connectivity index (χ4v) is 3.32. The van der Waals surface area contributed by atoms with E-state index in [0.29, 0.717) is 0 Å². The second-order valence-corrected chi connectivity index (χ2v) is 5.36. The summed E-state index contributed by atoms with van der Waals surface area (Å²) in [6, 6.07) is 9.10. The Morgan fingerprint density at radius 3 is 2.78 bits per heavy atom. The van der Waals surface area contributed by atoms with Crippen LogP contribution in [0.5, 0.6) is 0 Å². The minimum Gasteiger partial charge on any atom is -0.347 e. The lowest BCUT2D eigenvalue weighted by molar-refractivity contribution is 0.446. The summed E-state index contributed by atoms with van der Waals surface area (Å²) in [5, 5.41) is 4.86. The molecule has 2 heteroatoms. The maximum Gasteiger partial charge on any atom is 0.0512 e. The van der Waals surface area contributed by atoms with Gasteiger partial charge in [0.1, 0.15) is 0 Å². The second kappa shape index (κ2) is 4.77. The summed E-state index contributed by atoms with van der Waals surface area (Å²) in [4.78, 5) is 0. The monoisotopic (exact) mass is 242 g/mol. The largest absolute Gasteiger partial charge is 0.347 e. The van der Waals surface area contributed by atoms with E-state index in [4.69, 9.17) is 0 Å². The summed E-state index contributed by atoms with van der Waals surface area (Å²) in [6.07, 6.45) is 3.65. The Morgan fingerprint density at radius 1 is 1.28 bits per heavy atom. The molecular formula is C16H22N2. The molecule has 0 atom stereocenters. The molecule has 0 amide bonds. The third-order valence-corrected chi connectivity index (χ3v) is 4.32. The molecule has 1 N–H and O–H groups in total. The molecular weight excluding hydrogens is 220 g/mol. The van der Waals surface area contributed by atoms with Crippen molar-refractivity contribution in [1.82, 2.24) is 9.88 Å². The average molecular weight is 242 g/mol. The van der Waals surface area contributed by atoms with Gasteiger partial charge in [-0.3, -0.25) is 0 Å². The summed E-state index contributed by atoms with van der Waals surface area (Å²) in [5.41, 5.74) is 4.43. The molecule has 2 heterocycles. The van der Waals surface area contributed by atoms with Gasteiger partial charge in [-0.2, -0.15) is 0 Å². The van der Waals surface area contributed by atoms with Gasteiger partial charge in [0.05, 0.1) is 5.52 Å². The molecule has 2 nitrogen and oxygen atoms in total. The molecule has 1 aromatic carbocycles. The van der Waals surface area contributed by atoms with E-state index in [-0.39, 0.29) is 0 Å².